The number of hydrogen-bond acceptors (Lipinski definition) is 5. The van der Waals surface area contributed by atoms with Crippen LogP contribution >= 0.6 is 11.6 Å². The summed E-state index contributed by atoms with van der Waals surface area (Å²) in [4.78, 5) is 26.4. The quantitative estimate of drug-likeness (QED) is 0.512. The zero-order chi connectivity index (χ0) is 23.7. The number of halogens is 2. The van der Waals surface area contributed by atoms with Crippen LogP contribution in [0.15, 0.2) is 42.5 Å². The predicted molar refractivity (Wildman–Crippen MR) is 132 cm³/mol. The third-order valence-corrected chi connectivity index (χ3v) is 6.58. The number of nitrogens with one attached hydrogen (secondary N) is 2. The molecule has 0 saturated carbocycles. The lowest BCUT2D eigenvalue weighted by Crippen LogP contribution is -2.42. The van der Waals surface area contributed by atoms with Crippen molar-refractivity contribution in [1.82, 2.24) is 20.2 Å². The molecule has 0 unspecified atom stereocenters. The number of amides is 2. The van der Waals surface area contributed by atoms with Crippen molar-refractivity contribution in [2.45, 2.75) is 26.3 Å². The number of benzene rings is 2. The van der Waals surface area contributed by atoms with Crippen LogP contribution < -0.4 is 15.5 Å². The van der Waals surface area contributed by atoms with Gasteiger partial charge < -0.3 is 15.5 Å². The second-order valence-electron chi connectivity index (χ2n) is 8.58. The smallest absolute Gasteiger partial charge is 0.328 e. The molecule has 9 heteroatoms. The van der Waals surface area contributed by atoms with E-state index in [1.165, 1.54) is 29.9 Å². The van der Waals surface area contributed by atoms with E-state index in [1.54, 1.807) is 18.2 Å². The molecule has 2 aliphatic rings. The molecule has 0 radical (unpaired) electrons. The first-order chi connectivity index (χ1) is 16.5. The summed E-state index contributed by atoms with van der Waals surface area (Å²) < 4.78 is 13.8. The molecule has 1 fully saturated rings. The van der Waals surface area contributed by atoms with E-state index in [-0.39, 0.29) is 18.4 Å². The van der Waals surface area contributed by atoms with Crippen LogP contribution in [0.4, 0.5) is 26.6 Å². The van der Waals surface area contributed by atoms with Gasteiger partial charge in [0.1, 0.15) is 5.82 Å². The summed E-state index contributed by atoms with van der Waals surface area (Å²) in [5.74, 6) is 0.580. The van der Waals surface area contributed by atoms with E-state index >= 15 is 0 Å². The minimum Gasteiger partial charge on any atom is -0.353 e. The minimum absolute atomic E-state index is 0.259. The summed E-state index contributed by atoms with van der Waals surface area (Å²) in [5, 5.41) is 6.67. The fraction of sp³-hybridized carbons (Fsp3) is 0.320. The molecule has 2 N–H and O–H groups in total. The fourth-order valence-electron chi connectivity index (χ4n) is 4.54. The van der Waals surface area contributed by atoms with Crippen LogP contribution in [-0.4, -0.2) is 47.1 Å². The highest BCUT2D eigenvalue weighted by Crippen LogP contribution is 2.39. The molecular weight excluding hydrogens is 455 g/mol. The summed E-state index contributed by atoms with van der Waals surface area (Å²) in [6.45, 7) is 5.88. The Morgan fingerprint density at radius 3 is 2.71 bits per heavy atom. The zero-order valence-electron chi connectivity index (χ0n) is 18.9. The van der Waals surface area contributed by atoms with Crippen molar-refractivity contribution in [1.29, 1.82) is 0 Å². The van der Waals surface area contributed by atoms with Gasteiger partial charge in [0.2, 0.25) is 5.95 Å². The molecule has 2 aromatic carbocycles. The topological polar surface area (TPSA) is 73.4 Å². The lowest BCUT2D eigenvalue weighted by molar-refractivity contribution is 0.247. The Kier molecular flexibility index (Phi) is 6.34. The van der Waals surface area contributed by atoms with Crippen molar-refractivity contribution in [3.8, 4) is 11.3 Å². The number of urea groups is 1. The van der Waals surface area contributed by atoms with Gasteiger partial charge in [0.15, 0.2) is 5.82 Å². The molecule has 3 heterocycles. The van der Waals surface area contributed by atoms with Crippen molar-refractivity contribution in [3.63, 3.8) is 0 Å². The molecule has 1 saturated heterocycles. The van der Waals surface area contributed by atoms with Gasteiger partial charge in [-0.2, -0.15) is 4.98 Å². The van der Waals surface area contributed by atoms with Crippen LogP contribution in [0.1, 0.15) is 24.0 Å². The summed E-state index contributed by atoms with van der Waals surface area (Å²) >= 11 is 6.46. The molecular formula is C25H26ClFN6O. The highest BCUT2D eigenvalue weighted by molar-refractivity contribution is 6.34. The number of para-hydroxylation sites is 1. The third kappa shape index (κ3) is 4.43. The van der Waals surface area contributed by atoms with Crippen molar-refractivity contribution in [2.24, 2.45) is 0 Å². The number of fused-ring (bicyclic) bond motifs is 1. The Labute approximate surface area is 203 Å². The van der Waals surface area contributed by atoms with E-state index in [9.17, 15) is 9.18 Å². The Balaban J connectivity index is 1.59. The molecule has 0 bridgehead atoms. The maximum atomic E-state index is 13.8. The monoisotopic (exact) mass is 480 g/mol. The summed E-state index contributed by atoms with van der Waals surface area (Å²) in [5.41, 5.74) is 3.48. The first kappa shape index (κ1) is 22.6. The number of nitrogens with zero attached hydrogens (tertiary/aromatic N) is 4. The van der Waals surface area contributed by atoms with Crippen LogP contribution in [0, 0.1) is 12.7 Å². The largest absolute Gasteiger partial charge is 0.353 e. The molecule has 5 rings (SSSR count). The summed E-state index contributed by atoms with van der Waals surface area (Å²) in [6.07, 6.45) is 2.45. The van der Waals surface area contributed by atoms with Crippen molar-refractivity contribution < 1.29 is 9.18 Å². The normalized spacial score (nSPS) is 15.9. The SMILES string of the molecule is Cc1cc(F)ccc1-c1nc(NCCN2CCCC2)nc2c1CNC(=O)N2c1ccccc1Cl. The van der Waals surface area contributed by atoms with E-state index in [2.05, 4.69) is 15.5 Å². The molecule has 176 valence electrons. The van der Waals surface area contributed by atoms with Gasteiger partial charge in [-0.3, -0.25) is 0 Å². The summed E-state index contributed by atoms with van der Waals surface area (Å²) in [6, 6.07) is 11.5. The maximum absolute atomic E-state index is 13.8. The number of rotatable bonds is 6. The number of aromatic nitrogens is 2. The molecule has 2 aliphatic heterocycles. The first-order valence-corrected chi connectivity index (χ1v) is 11.9. The molecule has 3 aromatic rings. The van der Waals surface area contributed by atoms with Gasteiger partial charge in [0.05, 0.1) is 22.9 Å². The van der Waals surface area contributed by atoms with Crippen LogP contribution in [0.3, 0.4) is 0 Å². The lowest BCUT2D eigenvalue weighted by Gasteiger charge is -2.31. The van der Waals surface area contributed by atoms with Crippen molar-refractivity contribution >= 4 is 35.1 Å². The molecule has 1 aromatic heterocycles. The van der Waals surface area contributed by atoms with Gasteiger partial charge >= 0.3 is 6.03 Å². The van der Waals surface area contributed by atoms with E-state index in [4.69, 9.17) is 21.6 Å². The van der Waals surface area contributed by atoms with Crippen LogP contribution in [0.25, 0.3) is 11.3 Å². The Morgan fingerprint density at radius 1 is 1.15 bits per heavy atom. The molecule has 7 nitrogen and oxygen atoms in total. The summed E-state index contributed by atoms with van der Waals surface area (Å²) in [7, 11) is 0. The Bertz CT molecular complexity index is 1230. The van der Waals surface area contributed by atoms with Crippen LogP contribution in [0.5, 0.6) is 0 Å². The van der Waals surface area contributed by atoms with Gasteiger partial charge in [-0.15, -0.1) is 0 Å². The van der Waals surface area contributed by atoms with E-state index in [1.807, 2.05) is 19.1 Å². The molecule has 2 amide bonds. The van der Waals surface area contributed by atoms with Crippen LogP contribution in [0.2, 0.25) is 5.02 Å². The zero-order valence-corrected chi connectivity index (χ0v) is 19.7. The van der Waals surface area contributed by atoms with Crippen molar-refractivity contribution in [3.05, 3.63) is 64.4 Å². The maximum Gasteiger partial charge on any atom is 0.328 e. The number of aryl methyl sites for hydroxylation is 1. The minimum atomic E-state index is -0.316. The average molecular weight is 481 g/mol. The van der Waals surface area contributed by atoms with Crippen LogP contribution in [-0.2, 0) is 6.54 Å². The highest BCUT2D eigenvalue weighted by Gasteiger charge is 2.32. The van der Waals surface area contributed by atoms with Gasteiger partial charge in [0.25, 0.3) is 0 Å². The van der Waals surface area contributed by atoms with E-state index in [0.29, 0.717) is 34.7 Å². The van der Waals surface area contributed by atoms with Gasteiger partial charge in [0, 0.05) is 24.2 Å². The first-order valence-electron chi connectivity index (χ1n) is 11.5. The lowest BCUT2D eigenvalue weighted by atomic mass is 10.00. The van der Waals surface area contributed by atoms with Gasteiger partial charge in [-0.25, -0.2) is 19.1 Å². The predicted octanol–water partition coefficient (Wildman–Crippen LogP) is 5.11. The number of anilines is 3. The molecule has 0 aliphatic carbocycles. The Morgan fingerprint density at radius 2 is 1.94 bits per heavy atom. The number of carbonyl (C=O) groups excluding carboxylic acids is 1. The molecule has 0 spiro atoms. The average Bonchev–Trinajstić information content (AvgIpc) is 3.33. The number of likely N-dealkylation sites (tertiary alicyclic amines) is 1. The Hall–Kier alpha value is -3.23. The van der Waals surface area contributed by atoms with E-state index < -0.39 is 0 Å². The van der Waals surface area contributed by atoms with Gasteiger partial charge in [-0.1, -0.05) is 23.7 Å². The van der Waals surface area contributed by atoms with Gasteiger partial charge in [-0.05, 0) is 68.8 Å². The molecule has 0 atom stereocenters. The second kappa shape index (κ2) is 9.56. The van der Waals surface area contributed by atoms with Crippen molar-refractivity contribution in [2.75, 3.05) is 36.4 Å². The number of hydrogen-bond donors (Lipinski definition) is 2. The molecule has 34 heavy (non-hydrogen) atoms. The van der Waals surface area contributed by atoms with E-state index in [0.717, 1.165) is 36.3 Å². The standard InChI is InChI=1S/C25H26ClFN6O/c1-16-14-17(27)8-9-18(16)22-19-15-29-25(34)33(21-7-3-2-6-20(21)26)23(19)31-24(30-22)28-10-13-32-11-4-5-12-32/h2-3,6-9,14H,4-5,10-13,15H2,1H3,(H,29,34)(H,28,30,31). The highest BCUT2D eigenvalue weighted by atomic mass is 35.5. The number of carbonyl (C=O) groups is 1. The fourth-order valence-corrected chi connectivity index (χ4v) is 4.76. The third-order valence-electron chi connectivity index (χ3n) is 6.26. The second-order valence-corrected chi connectivity index (χ2v) is 8.99.